The van der Waals surface area contributed by atoms with Gasteiger partial charge in [-0.05, 0) is 37.1 Å². The Bertz CT molecular complexity index is 570. The molecule has 0 bridgehead atoms. The fourth-order valence-electron chi connectivity index (χ4n) is 2.33. The molecule has 2 aromatic rings. The molecule has 0 aliphatic heterocycles. The molecule has 0 fully saturated rings. The molecule has 17 heavy (non-hydrogen) atoms. The number of thiophene rings is 1. The first-order valence-electron chi connectivity index (χ1n) is 5.96. The molecule has 0 saturated heterocycles. The van der Waals surface area contributed by atoms with Crippen LogP contribution in [0.4, 0.5) is 0 Å². The minimum Gasteiger partial charge on any atom is -0.347 e. The van der Waals surface area contributed by atoms with Crippen LogP contribution in [-0.2, 0) is 19.3 Å². The van der Waals surface area contributed by atoms with E-state index in [-0.39, 0.29) is 0 Å². The van der Waals surface area contributed by atoms with Gasteiger partial charge >= 0.3 is 0 Å². The zero-order valence-corrected chi connectivity index (χ0v) is 11.2. The van der Waals surface area contributed by atoms with Crippen LogP contribution in [-0.4, -0.2) is 9.97 Å². The predicted molar refractivity (Wildman–Crippen MR) is 73.2 cm³/mol. The van der Waals surface area contributed by atoms with E-state index in [1.54, 1.807) is 11.3 Å². The maximum Gasteiger partial charge on any atom is 0.133 e. The van der Waals surface area contributed by atoms with Gasteiger partial charge < -0.3 is 4.98 Å². The lowest BCUT2D eigenvalue weighted by molar-refractivity contribution is 0.653. The second-order valence-corrected chi connectivity index (χ2v) is 5.83. The van der Waals surface area contributed by atoms with Gasteiger partial charge in [-0.15, -0.1) is 11.3 Å². The van der Waals surface area contributed by atoms with Crippen LogP contribution in [0, 0.1) is 4.64 Å². The van der Waals surface area contributed by atoms with E-state index in [1.807, 2.05) is 0 Å². The van der Waals surface area contributed by atoms with Crippen molar-refractivity contribution >= 4 is 23.6 Å². The lowest BCUT2D eigenvalue weighted by Gasteiger charge is -2.16. The fourth-order valence-corrected chi connectivity index (χ4v) is 3.38. The number of aromatic nitrogens is 2. The summed E-state index contributed by atoms with van der Waals surface area (Å²) in [5.41, 5.74) is 2.60. The first kappa shape index (κ1) is 11.1. The van der Waals surface area contributed by atoms with Crippen LogP contribution >= 0.6 is 23.6 Å². The summed E-state index contributed by atoms with van der Waals surface area (Å²) < 4.78 is 0.810. The molecule has 3 rings (SSSR count). The van der Waals surface area contributed by atoms with E-state index in [4.69, 9.17) is 12.2 Å². The molecule has 1 aliphatic rings. The van der Waals surface area contributed by atoms with E-state index in [9.17, 15) is 0 Å². The second kappa shape index (κ2) is 4.70. The largest absolute Gasteiger partial charge is 0.347 e. The van der Waals surface area contributed by atoms with Crippen LogP contribution in [0.15, 0.2) is 17.5 Å². The van der Waals surface area contributed by atoms with Crippen LogP contribution in [0.3, 0.4) is 0 Å². The Hall–Kier alpha value is -1.00. The van der Waals surface area contributed by atoms with Crippen molar-refractivity contribution < 1.29 is 0 Å². The summed E-state index contributed by atoms with van der Waals surface area (Å²) in [6.07, 6.45) is 5.60. The minimum atomic E-state index is 0.810. The summed E-state index contributed by atoms with van der Waals surface area (Å²) in [6.45, 7) is 0. The van der Waals surface area contributed by atoms with Gasteiger partial charge in [0.05, 0.1) is 0 Å². The Kier molecular flexibility index (Phi) is 3.07. The lowest BCUT2D eigenvalue weighted by atomic mass is 9.97. The molecule has 0 unspecified atom stereocenters. The molecular formula is C13H14N2S2. The van der Waals surface area contributed by atoms with Crippen molar-refractivity contribution in [1.29, 1.82) is 0 Å². The fraction of sp³-hybridized carbons (Fsp3) is 0.385. The summed E-state index contributed by atoms with van der Waals surface area (Å²) in [5, 5.41) is 2.10. The molecule has 0 aromatic carbocycles. The third-order valence-electron chi connectivity index (χ3n) is 3.18. The summed E-state index contributed by atoms with van der Waals surface area (Å²) in [6, 6.07) is 4.22. The number of fused-ring (bicyclic) bond motifs is 1. The van der Waals surface area contributed by atoms with Crippen molar-refractivity contribution in [1.82, 2.24) is 9.97 Å². The van der Waals surface area contributed by atoms with Gasteiger partial charge in [-0.2, -0.15) is 0 Å². The third-order valence-corrected chi connectivity index (χ3v) is 4.39. The van der Waals surface area contributed by atoms with Crippen molar-refractivity contribution in [2.75, 3.05) is 0 Å². The zero-order valence-electron chi connectivity index (χ0n) is 9.53. The first-order chi connectivity index (χ1) is 8.33. The number of hydrogen-bond donors (Lipinski definition) is 1. The molecule has 0 saturated carbocycles. The van der Waals surface area contributed by atoms with Crippen molar-refractivity contribution in [2.45, 2.75) is 32.1 Å². The predicted octanol–water partition coefficient (Wildman–Crippen LogP) is 3.67. The molecule has 1 aliphatic carbocycles. The monoisotopic (exact) mass is 262 g/mol. The number of rotatable bonds is 2. The van der Waals surface area contributed by atoms with Crippen molar-refractivity contribution in [2.24, 2.45) is 0 Å². The molecule has 1 N–H and O–H groups in total. The van der Waals surface area contributed by atoms with Gasteiger partial charge in [0.15, 0.2) is 0 Å². The maximum absolute atomic E-state index is 5.39. The number of aromatic amines is 1. The van der Waals surface area contributed by atoms with Gasteiger partial charge in [0, 0.05) is 22.6 Å². The van der Waals surface area contributed by atoms with Crippen LogP contribution < -0.4 is 0 Å². The topological polar surface area (TPSA) is 28.7 Å². The van der Waals surface area contributed by atoms with E-state index < -0.39 is 0 Å². The number of hydrogen-bond acceptors (Lipinski definition) is 3. The van der Waals surface area contributed by atoms with Crippen molar-refractivity contribution in [3.63, 3.8) is 0 Å². The van der Waals surface area contributed by atoms with E-state index in [1.165, 1.54) is 29.0 Å². The Morgan fingerprint density at radius 3 is 3.06 bits per heavy atom. The Labute approximate surface area is 110 Å². The highest BCUT2D eigenvalue weighted by atomic mass is 32.1. The number of nitrogens with one attached hydrogen (secondary N) is 1. The number of nitrogens with zero attached hydrogens (tertiary/aromatic N) is 1. The Morgan fingerprint density at radius 1 is 1.35 bits per heavy atom. The highest BCUT2D eigenvalue weighted by Crippen LogP contribution is 2.21. The second-order valence-electron chi connectivity index (χ2n) is 4.41. The van der Waals surface area contributed by atoms with E-state index in [0.29, 0.717) is 0 Å². The Balaban J connectivity index is 1.96. The van der Waals surface area contributed by atoms with E-state index >= 15 is 0 Å². The molecule has 0 atom stereocenters. The molecular weight excluding hydrogens is 248 g/mol. The molecule has 0 radical (unpaired) electrons. The zero-order chi connectivity index (χ0) is 11.7. The maximum atomic E-state index is 5.39. The van der Waals surface area contributed by atoms with Crippen LogP contribution in [0.2, 0.25) is 0 Å². The van der Waals surface area contributed by atoms with E-state index in [2.05, 4.69) is 27.5 Å². The van der Waals surface area contributed by atoms with Crippen LogP contribution in [0.5, 0.6) is 0 Å². The smallest absolute Gasteiger partial charge is 0.133 e. The summed E-state index contributed by atoms with van der Waals surface area (Å²) in [7, 11) is 0. The molecule has 2 nitrogen and oxygen atoms in total. The standard InChI is InChI=1S/C13H14N2S2/c16-13-10-5-1-2-6-11(10)14-12(15-13)8-9-4-3-7-17-9/h3-4,7H,1-2,5-6,8H2,(H,14,15,16). The van der Waals surface area contributed by atoms with Gasteiger partial charge in [-0.25, -0.2) is 4.98 Å². The first-order valence-corrected chi connectivity index (χ1v) is 7.25. The van der Waals surface area contributed by atoms with Crippen molar-refractivity contribution in [3.05, 3.63) is 44.1 Å². The number of H-pyrrole nitrogens is 1. The average Bonchev–Trinajstić information content (AvgIpc) is 2.82. The highest BCUT2D eigenvalue weighted by Gasteiger charge is 2.13. The molecule has 2 aromatic heterocycles. The molecule has 2 heterocycles. The van der Waals surface area contributed by atoms with Gasteiger partial charge in [0.2, 0.25) is 0 Å². The van der Waals surface area contributed by atoms with Gasteiger partial charge in [0.25, 0.3) is 0 Å². The molecule has 4 heteroatoms. The Morgan fingerprint density at radius 2 is 2.24 bits per heavy atom. The average molecular weight is 262 g/mol. The lowest BCUT2D eigenvalue weighted by Crippen LogP contribution is -2.10. The van der Waals surface area contributed by atoms with Gasteiger partial charge in [-0.3, -0.25) is 0 Å². The third kappa shape index (κ3) is 2.33. The minimum absolute atomic E-state index is 0.810. The molecule has 88 valence electrons. The van der Waals surface area contributed by atoms with Crippen molar-refractivity contribution in [3.8, 4) is 0 Å². The highest BCUT2D eigenvalue weighted by molar-refractivity contribution is 7.71. The number of aryl methyl sites for hydroxylation is 1. The van der Waals surface area contributed by atoms with Crippen LogP contribution in [0.1, 0.15) is 34.8 Å². The van der Waals surface area contributed by atoms with E-state index in [0.717, 1.165) is 29.7 Å². The summed E-state index contributed by atoms with van der Waals surface area (Å²) in [5.74, 6) is 1.01. The van der Waals surface area contributed by atoms with Crippen LogP contribution in [0.25, 0.3) is 0 Å². The van der Waals surface area contributed by atoms with Gasteiger partial charge in [-0.1, -0.05) is 18.3 Å². The quantitative estimate of drug-likeness (QED) is 0.837. The molecule has 0 amide bonds. The normalized spacial score (nSPS) is 14.6. The molecule has 0 spiro atoms. The SMILES string of the molecule is S=c1nc(Cc2cccs2)[nH]c2c1CCCC2. The summed E-state index contributed by atoms with van der Waals surface area (Å²) >= 11 is 7.16. The summed E-state index contributed by atoms with van der Waals surface area (Å²) in [4.78, 5) is 9.33. The van der Waals surface area contributed by atoms with Gasteiger partial charge in [0.1, 0.15) is 10.5 Å².